The Labute approximate surface area is 206 Å². The van der Waals surface area contributed by atoms with Crippen LogP contribution >= 0.6 is 0 Å². The van der Waals surface area contributed by atoms with Gasteiger partial charge in [-0.2, -0.15) is 0 Å². The van der Waals surface area contributed by atoms with E-state index in [1.807, 2.05) is 66.7 Å². The van der Waals surface area contributed by atoms with Crippen molar-refractivity contribution in [3.63, 3.8) is 0 Å². The third-order valence-electron chi connectivity index (χ3n) is 5.34. The van der Waals surface area contributed by atoms with E-state index in [2.05, 4.69) is 0 Å². The quantitative estimate of drug-likeness (QED) is 0.221. The molecule has 0 bridgehead atoms. The van der Waals surface area contributed by atoms with E-state index in [1.165, 1.54) is 18.2 Å². The van der Waals surface area contributed by atoms with E-state index in [4.69, 9.17) is 4.74 Å². The van der Waals surface area contributed by atoms with Crippen molar-refractivity contribution < 1.29 is 19.1 Å². The number of ketones is 1. The van der Waals surface area contributed by atoms with Crippen LogP contribution in [0.3, 0.4) is 0 Å². The van der Waals surface area contributed by atoms with E-state index in [-0.39, 0.29) is 18.3 Å². The molecule has 0 N–H and O–H groups in total. The van der Waals surface area contributed by atoms with Gasteiger partial charge >= 0.3 is 5.97 Å². The number of esters is 1. The predicted molar refractivity (Wildman–Crippen MR) is 137 cm³/mol. The zero-order chi connectivity index (χ0) is 24.9. The number of hydrogen-bond donors (Lipinski definition) is 0. The Kier molecular flexibility index (Phi) is 9.75. The number of amides is 1. The number of allylic oxidation sites excluding steroid dienone is 1. The van der Waals surface area contributed by atoms with Crippen LogP contribution in [-0.2, 0) is 27.3 Å². The van der Waals surface area contributed by atoms with E-state index in [0.29, 0.717) is 18.5 Å². The first kappa shape index (κ1) is 25.4. The third kappa shape index (κ3) is 8.23. The number of carbonyl (C=O) groups excluding carboxylic acids is 3. The second kappa shape index (κ2) is 13.5. The van der Waals surface area contributed by atoms with Crippen LogP contribution < -0.4 is 0 Å². The highest BCUT2D eigenvalue weighted by atomic mass is 16.5. The topological polar surface area (TPSA) is 63.7 Å². The molecule has 5 nitrogen and oxygen atoms in total. The molecule has 1 amide bonds. The Bertz CT molecular complexity index is 1150. The minimum Gasteiger partial charge on any atom is -0.463 e. The van der Waals surface area contributed by atoms with Crippen LogP contribution in [0.1, 0.15) is 28.4 Å². The van der Waals surface area contributed by atoms with Gasteiger partial charge in [-0.15, -0.1) is 0 Å². The Morgan fingerprint density at radius 3 is 1.94 bits per heavy atom. The summed E-state index contributed by atoms with van der Waals surface area (Å²) in [6, 6.07) is 27.7. The first-order chi connectivity index (χ1) is 17.1. The van der Waals surface area contributed by atoms with E-state index >= 15 is 0 Å². The van der Waals surface area contributed by atoms with Gasteiger partial charge in [0.1, 0.15) is 0 Å². The highest BCUT2D eigenvalue weighted by Crippen LogP contribution is 2.16. The minimum atomic E-state index is -0.465. The Balaban J connectivity index is 1.91. The second-order valence-corrected chi connectivity index (χ2v) is 7.88. The Morgan fingerprint density at radius 2 is 1.34 bits per heavy atom. The fourth-order valence-corrected chi connectivity index (χ4v) is 3.60. The zero-order valence-electron chi connectivity index (χ0n) is 19.7. The third-order valence-corrected chi connectivity index (χ3v) is 5.34. The predicted octanol–water partition coefficient (Wildman–Crippen LogP) is 5.18. The smallest absolute Gasteiger partial charge is 0.330 e. The van der Waals surface area contributed by atoms with E-state index < -0.39 is 12.0 Å². The summed E-state index contributed by atoms with van der Waals surface area (Å²) in [5.41, 5.74) is 2.46. The molecule has 0 saturated carbocycles. The average molecular weight is 468 g/mol. The molecular formula is C30H29NO4. The number of benzene rings is 3. The fraction of sp³-hybridized carbons (Fsp3) is 0.167. The van der Waals surface area contributed by atoms with Crippen LogP contribution in [0.15, 0.2) is 115 Å². The maximum atomic E-state index is 13.4. The zero-order valence-corrected chi connectivity index (χ0v) is 19.7. The summed E-state index contributed by atoms with van der Waals surface area (Å²) >= 11 is 0. The molecular weight excluding hydrogens is 438 g/mol. The van der Waals surface area contributed by atoms with E-state index in [1.54, 1.807) is 42.2 Å². The molecule has 35 heavy (non-hydrogen) atoms. The number of hydrogen-bond acceptors (Lipinski definition) is 4. The molecule has 0 saturated heterocycles. The molecule has 0 radical (unpaired) electrons. The van der Waals surface area contributed by atoms with Crippen molar-refractivity contribution in [3.8, 4) is 0 Å². The Morgan fingerprint density at radius 1 is 0.771 bits per heavy atom. The molecule has 0 spiro atoms. The largest absolute Gasteiger partial charge is 0.463 e. The van der Waals surface area contributed by atoms with Crippen molar-refractivity contribution in [2.45, 2.75) is 25.9 Å². The normalized spacial score (nSPS) is 11.9. The highest BCUT2D eigenvalue weighted by Gasteiger charge is 2.22. The summed E-state index contributed by atoms with van der Waals surface area (Å²) in [4.78, 5) is 39.7. The van der Waals surface area contributed by atoms with Gasteiger partial charge in [-0.1, -0.05) is 97.1 Å². The van der Waals surface area contributed by atoms with Gasteiger partial charge < -0.3 is 9.64 Å². The number of ether oxygens (including phenoxy) is 1. The van der Waals surface area contributed by atoms with Crippen LogP contribution in [0.4, 0.5) is 0 Å². The Hall–Kier alpha value is -4.25. The van der Waals surface area contributed by atoms with Crippen molar-refractivity contribution >= 4 is 17.7 Å². The molecule has 0 aromatic heterocycles. The summed E-state index contributed by atoms with van der Waals surface area (Å²) in [6.45, 7) is 2.32. The molecule has 3 rings (SSSR count). The lowest BCUT2D eigenvalue weighted by molar-refractivity contribution is -0.137. The monoisotopic (exact) mass is 467 g/mol. The molecule has 0 aliphatic rings. The highest BCUT2D eigenvalue weighted by molar-refractivity contribution is 6.07. The number of rotatable bonds is 11. The summed E-state index contributed by atoms with van der Waals surface area (Å²) < 4.78 is 5.04. The molecule has 0 fully saturated rings. The van der Waals surface area contributed by atoms with Crippen LogP contribution in [0.5, 0.6) is 0 Å². The maximum Gasteiger partial charge on any atom is 0.330 e. The molecule has 0 aliphatic carbocycles. The van der Waals surface area contributed by atoms with Crippen LogP contribution in [0, 0.1) is 0 Å². The van der Waals surface area contributed by atoms with Crippen LogP contribution in [0.2, 0.25) is 0 Å². The molecule has 3 aromatic carbocycles. The van der Waals surface area contributed by atoms with E-state index in [0.717, 1.165) is 11.1 Å². The lowest BCUT2D eigenvalue weighted by Gasteiger charge is -2.29. The lowest BCUT2D eigenvalue weighted by Crippen LogP contribution is -2.39. The minimum absolute atomic E-state index is 0.250. The van der Waals surface area contributed by atoms with Gasteiger partial charge in [0.2, 0.25) is 5.91 Å². The number of carbonyl (C=O) groups is 3. The summed E-state index contributed by atoms with van der Waals surface area (Å²) in [5.74, 6) is -1.04. The standard InChI is InChI=1S/C30H29NO4/c1-2-35-30(34)21-18-27(22-24-12-6-3-7-13-24)31(23-25-14-8-4-9-15-25)29(33)20-19-28(32)26-16-10-5-11-17-26/h3-21,27H,2,22-23H2,1H3/t27-/m1/s1. The molecule has 3 aromatic rings. The second-order valence-electron chi connectivity index (χ2n) is 7.88. The van der Waals surface area contributed by atoms with Crippen molar-refractivity contribution in [2.24, 2.45) is 0 Å². The van der Waals surface area contributed by atoms with Crippen LogP contribution in [-0.4, -0.2) is 35.2 Å². The lowest BCUT2D eigenvalue weighted by atomic mass is 10.0. The van der Waals surface area contributed by atoms with Crippen molar-refractivity contribution in [1.82, 2.24) is 4.90 Å². The molecule has 0 aliphatic heterocycles. The molecule has 1 atom stereocenters. The van der Waals surface area contributed by atoms with Crippen molar-refractivity contribution in [2.75, 3.05) is 6.61 Å². The van der Waals surface area contributed by atoms with Gasteiger partial charge in [0.25, 0.3) is 0 Å². The first-order valence-corrected chi connectivity index (χ1v) is 11.6. The molecule has 5 heteroatoms. The van der Waals surface area contributed by atoms with Crippen molar-refractivity contribution in [1.29, 1.82) is 0 Å². The molecule has 0 unspecified atom stereocenters. The molecule has 178 valence electrons. The van der Waals surface area contributed by atoms with Crippen molar-refractivity contribution in [3.05, 3.63) is 132 Å². The van der Waals surface area contributed by atoms with Gasteiger partial charge in [0, 0.05) is 24.3 Å². The summed E-state index contributed by atoms with van der Waals surface area (Å²) in [7, 11) is 0. The van der Waals surface area contributed by atoms with Gasteiger partial charge in [-0.05, 0) is 30.5 Å². The van der Waals surface area contributed by atoms with E-state index in [9.17, 15) is 14.4 Å². The first-order valence-electron chi connectivity index (χ1n) is 11.6. The fourth-order valence-electron chi connectivity index (χ4n) is 3.60. The SMILES string of the molecule is CCOC(=O)C=C[C@H](Cc1ccccc1)N(Cc1ccccc1)C(=O)C=CC(=O)c1ccccc1. The number of nitrogens with zero attached hydrogens (tertiary/aromatic N) is 1. The van der Waals surface area contributed by atoms with Gasteiger partial charge in [0.05, 0.1) is 12.6 Å². The molecule has 0 heterocycles. The summed E-state index contributed by atoms with van der Waals surface area (Å²) in [6.07, 6.45) is 6.15. The van der Waals surface area contributed by atoms with Gasteiger partial charge in [0.15, 0.2) is 5.78 Å². The van der Waals surface area contributed by atoms with Gasteiger partial charge in [-0.25, -0.2) is 4.79 Å². The van der Waals surface area contributed by atoms with Crippen LogP contribution in [0.25, 0.3) is 0 Å². The van der Waals surface area contributed by atoms with Gasteiger partial charge in [-0.3, -0.25) is 9.59 Å². The summed E-state index contributed by atoms with van der Waals surface area (Å²) in [5, 5.41) is 0. The maximum absolute atomic E-state index is 13.4. The average Bonchev–Trinajstić information content (AvgIpc) is 2.90.